The summed E-state index contributed by atoms with van der Waals surface area (Å²) in [5.74, 6) is -1.09. The van der Waals surface area contributed by atoms with E-state index >= 15 is 0 Å². The molecule has 2 amide bonds. The topological polar surface area (TPSA) is 95.9 Å². The van der Waals surface area contributed by atoms with Gasteiger partial charge in [0.25, 0.3) is 0 Å². The molecule has 0 bridgehead atoms. The zero-order chi connectivity index (χ0) is 22.2. The lowest BCUT2D eigenvalue weighted by Gasteiger charge is -2.21. The summed E-state index contributed by atoms with van der Waals surface area (Å²) in [6, 6.07) is 16.2. The van der Waals surface area contributed by atoms with Crippen molar-refractivity contribution in [2.75, 3.05) is 26.2 Å². The third kappa shape index (κ3) is 5.63. The molecular formula is C24H28N2O5. The van der Waals surface area contributed by atoms with Crippen LogP contribution >= 0.6 is 0 Å². The zero-order valence-electron chi connectivity index (χ0n) is 17.7. The van der Waals surface area contributed by atoms with Crippen LogP contribution in [-0.4, -0.2) is 54.2 Å². The van der Waals surface area contributed by atoms with E-state index in [-0.39, 0.29) is 31.4 Å². The van der Waals surface area contributed by atoms with Gasteiger partial charge in [-0.05, 0) is 42.0 Å². The highest BCUT2D eigenvalue weighted by atomic mass is 16.5. The fourth-order valence-electron chi connectivity index (χ4n) is 3.95. The van der Waals surface area contributed by atoms with Crippen molar-refractivity contribution in [1.82, 2.24) is 10.2 Å². The molecule has 2 aromatic carbocycles. The number of carbonyl (C=O) groups excluding carboxylic acids is 2. The minimum Gasteiger partial charge on any atom is -0.481 e. The van der Waals surface area contributed by atoms with E-state index in [2.05, 4.69) is 17.4 Å². The fraction of sp³-hybridized carbons (Fsp3) is 0.375. The maximum Gasteiger partial charge on any atom is 0.407 e. The Morgan fingerprint density at radius 2 is 1.61 bits per heavy atom. The molecule has 0 heterocycles. The van der Waals surface area contributed by atoms with Crippen LogP contribution in [0.4, 0.5) is 4.79 Å². The Kier molecular flexibility index (Phi) is 7.65. The molecule has 0 aromatic heterocycles. The first-order chi connectivity index (χ1) is 15.0. The molecular weight excluding hydrogens is 396 g/mol. The molecule has 7 nitrogen and oxygen atoms in total. The number of hydrogen-bond donors (Lipinski definition) is 2. The van der Waals surface area contributed by atoms with Gasteiger partial charge in [0.2, 0.25) is 5.91 Å². The van der Waals surface area contributed by atoms with Crippen LogP contribution in [0.1, 0.15) is 43.2 Å². The van der Waals surface area contributed by atoms with E-state index in [9.17, 15) is 14.4 Å². The lowest BCUT2D eigenvalue weighted by atomic mass is 9.98. The number of nitrogens with zero attached hydrogens (tertiary/aromatic N) is 1. The third-order valence-corrected chi connectivity index (χ3v) is 5.53. The van der Waals surface area contributed by atoms with Crippen molar-refractivity contribution in [3.05, 3.63) is 59.7 Å². The number of likely N-dealkylation sites (N-methyl/N-ethyl adjacent to an activating group) is 1. The van der Waals surface area contributed by atoms with Crippen molar-refractivity contribution in [1.29, 1.82) is 0 Å². The van der Waals surface area contributed by atoms with E-state index in [4.69, 9.17) is 9.84 Å². The molecule has 31 heavy (non-hydrogen) atoms. The van der Waals surface area contributed by atoms with Gasteiger partial charge in [-0.1, -0.05) is 48.5 Å². The molecule has 0 fully saturated rings. The third-order valence-electron chi connectivity index (χ3n) is 5.53. The van der Waals surface area contributed by atoms with E-state index < -0.39 is 12.1 Å². The summed E-state index contributed by atoms with van der Waals surface area (Å²) in [5.41, 5.74) is 4.57. The number of carboxylic acid groups (broad SMARTS) is 1. The van der Waals surface area contributed by atoms with Crippen LogP contribution in [0.15, 0.2) is 48.5 Å². The van der Waals surface area contributed by atoms with E-state index in [1.807, 2.05) is 43.3 Å². The molecule has 0 aliphatic heterocycles. The summed E-state index contributed by atoms with van der Waals surface area (Å²) >= 11 is 0. The first-order valence-electron chi connectivity index (χ1n) is 10.6. The molecule has 0 radical (unpaired) electrons. The molecule has 3 rings (SSSR count). The second-order valence-electron chi connectivity index (χ2n) is 7.50. The Morgan fingerprint density at radius 1 is 1.00 bits per heavy atom. The molecule has 0 unspecified atom stereocenters. The Labute approximate surface area is 182 Å². The van der Waals surface area contributed by atoms with Crippen molar-refractivity contribution in [3.8, 4) is 11.1 Å². The van der Waals surface area contributed by atoms with Crippen molar-refractivity contribution in [2.24, 2.45) is 0 Å². The number of alkyl carbamates (subject to hydrolysis) is 1. The monoisotopic (exact) mass is 424 g/mol. The number of benzene rings is 2. The smallest absolute Gasteiger partial charge is 0.407 e. The predicted molar refractivity (Wildman–Crippen MR) is 117 cm³/mol. The average molecular weight is 424 g/mol. The highest BCUT2D eigenvalue weighted by molar-refractivity contribution is 5.82. The van der Waals surface area contributed by atoms with Crippen LogP contribution in [0.5, 0.6) is 0 Å². The second-order valence-corrected chi connectivity index (χ2v) is 7.50. The molecule has 0 saturated heterocycles. The Hall–Kier alpha value is -3.35. The van der Waals surface area contributed by atoms with Gasteiger partial charge in [0.05, 0.1) is 0 Å². The number of fused-ring (bicyclic) bond motifs is 3. The molecule has 1 aliphatic rings. The lowest BCUT2D eigenvalue weighted by molar-refractivity contribution is -0.137. The first kappa shape index (κ1) is 22.3. The van der Waals surface area contributed by atoms with Crippen molar-refractivity contribution in [3.63, 3.8) is 0 Å². The van der Waals surface area contributed by atoms with Crippen molar-refractivity contribution < 1.29 is 24.2 Å². The number of hydrogen-bond acceptors (Lipinski definition) is 4. The summed E-state index contributed by atoms with van der Waals surface area (Å²) in [4.78, 5) is 36.7. The van der Waals surface area contributed by atoms with E-state index in [0.717, 1.165) is 22.3 Å². The second kappa shape index (κ2) is 10.6. The lowest BCUT2D eigenvalue weighted by Crippen LogP contribution is -2.41. The number of unbranched alkanes of at least 4 members (excludes halogenated alkanes) is 1. The minimum absolute atomic E-state index is 0.0322. The van der Waals surface area contributed by atoms with Crippen LogP contribution in [0.2, 0.25) is 0 Å². The van der Waals surface area contributed by atoms with Crippen LogP contribution in [0.3, 0.4) is 0 Å². The van der Waals surface area contributed by atoms with E-state index in [1.165, 1.54) is 0 Å². The van der Waals surface area contributed by atoms with E-state index in [0.29, 0.717) is 25.9 Å². The molecule has 164 valence electrons. The number of carboxylic acids is 1. The quantitative estimate of drug-likeness (QED) is 0.568. The molecule has 2 aromatic rings. The summed E-state index contributed by atoms with van der Waals surface area (Å²) in [5, 5.41) is 11.2. The van der Waals surface area contributed by atoms with Crippen molar-refractivity contribution in [2.45, 2.75) is 32.1 Å². The van der Waals surface area contributed by atoms with Gasteiger partial charge in [-0.3, -0.25) is 9.59 Å². The van der Waals surface area contributed by atoms with Crippen LogP contribution in [-0.2, 0) is 14.3 Å². The van der Waals surface area contributed by atoms with Gasteiger partial charge < -0.3 is 20.1 Å². The molecule has 0 spiro atoms. The molecule has 7 heteroatoms. The molecule has 0 atom stereocenters. The van der Waals surface area contributed by atoms with Gasteiger partial charge in [-0.25, -0.2) is 4.79 Å². The molecule has 2 N–H and O–H groups in total. The largest absolute Gasteiger partial charge is 0.481 e. The average Bonchev–Trinajstić information content (AvgIpc) is 3.09. The SMILES string of the molecule is CCN(CCCCC(=O)O)C(=O)CNC(=O)OCC1c2ccccc2-c2ccccc21. The summed E-state index contributed by atoms with van der Waals surface area (Å²) in [6.07, 6.45) is 0.580. The number of amides is 2. The summed E-state index contributed by atoms with van der Waals surface area (Å²) in [6.45, 7) is 2.86. The van der Waals surface area contributed by atoms with Gasteiger partial charge >= 0.3 is 12.1 Å². The highest BCUT2D eigenvalue weighted by Gasteiger charge is 2.29. The van der Waals surface area contributed by atoms with Crippen LogP contribution in [0, 0.1) is 0 Å². The highest BCUT2D eigenvalue weighted by Crippen LogP contribution is 2.44. The number of rotatable bonds is 10. The molecule has 0 saturated carbocycles. The molecule has 1 aliphatic carbocycles. The van der Waals surface area contributed by atoms with Gasteiger partial charge in [-0.15, -0.1) is 0 Å². The van der Waals surface area contributed by atoms with Gasteiger partial charge in [0, 0.05) is 25.4 Å². The first-order valence-corrected chi connectivity index (χ1v) is 10.6. The van der Waals surface area contributed by atoms with Crippen LogP contribution < -0.4 is 5.32 Å². The minimum atomic E-state index is -0.841. The number of carbonyl (C=O) groups is 3. The normalized spacial score (nSPS) is 12.0. The van der Waals surface area contributed by atoms with Gasteiger partial charge in [-0.2, -0.15) is 0 Å². The Bertz CT molecular complexity index is 898. The Balaban J connectivity index is 1.48. The van der Waals surface area contributed by atoms with Gasteiger partial charge in [0.1, 0.15) is 13.2 Å². The maximum atomic E-state index is 12.3. The summed E-state index contributed by atoms with van der Waals surface area (Å²) in [7, 11) is 0. The number of nitrogens with one attached hydrogen (secondary N) is 1. The standard InChI is InChI=1S/C24H28N2O5/c1-2-26(14-8-7-13-23(28)29)22(27)15-25-24(30)31-16-21-19-11-5-3-9-17(19)18-10-4-6-12-20(18)21/h3-6,9-12,21H,2,7-8,13-16H2,1H3,(H,25,30)(H,28,29). The number of ether oxygens (including phenoxy) is 1. The Morgan fingerprint density at radius 3 is 2.19 bits per heavy atom. The van der Waals surface area contributed by atoms with Crippen LogP contribution in [0.25, 0.3) is 11.1 Å². The van der Waals surface area contributed by atoms with Gasteiger partial charge in [0.15, 0.2) is 0 Å². The summed E-state index contributed by atoms with van der Waals surface area (Å²) < 4.78 is 5.44. The number of aliphatic carboxylic acids is 1. The van der Waals surface area contributed by atoms with Crippen molar-refractivity contribution >= 4 is 18.0 Å². The zero-order valence-corrected chi connectivity index (χ0v) is 17.7. The predicted octanol–water partition coefficient (Wildman–Crippen LogP) is 3.63. The fourth-order valence-corrected chi connectivity index (χ4v) is 3.95. The maximum absolute atomic E-state index is 12.3. The van der Waals surface area contributed by atoms with E-state index in [1.54, 1.807) is 4.90 Å².